The van der Waals surface area contributed by atoms with Gasteiger partial charge in [0.25, 0.3) is 0 Å². The minimum atomic E-state index is -0.656. The van der Waals surface area contributed by atoms with Crippen molar-refractivity contribution in [3.8, 4) is 11.5 Å². The lowest BCUT2D eigenvalue weighted by molar-refractivity contribution is 0.0187. The number of hydrogen-bond acceptors (Lipinski definition) is 7. The molecule has 1 aromatic heterocycles. The monoisotopic (exact) mass is 548 g/mol. The number of aromatic amines is 1. The minimum Gasteiger partial charge on any atom is -0.457 e. The number of fused-ring (bicyclic) bond motifs is 1. The Hall–Kier alpha value is -4.24. The third-order valence-electron chi connectivity index (χ3n) is 6.01. The maximum absolute atomic E-state index is 13.1. The molecule has 39 heavy (non-hydrogen) atoms. The van der Waals surface area contributed by atoms with Crippen LogP contribution in [0.3, 0.4) is 0 Å². The molecule has 4 aromatic rings. The summed E-state index contributed by atoms with van der Waals surface area (Å²) in [6.45, 7) is 5.84. The molecule has 9 nitrogen and oxygen atoms in total. The van der Waals surface area contributed by atoms with Crippen LogP contribution >= 0.6 is 11.6 Å². The molecule has 0 saturated carbocycles. The summed E-state index contributed by atoms with van der Waals surface area (Å²) in [4.78, 5) is 35.2. The number of carbonyl (C=O) groups is 2. The van der Waals surface area contributed by atoms with E-state index >= 15 is 0 Å². The molecule has 0 bridgehead atoms. The van der Waals surface area contributed by atoms with Crippen LogP contribution in [0.4, 0.5) is 10.7 Å². The number of anilines is 1. The molecule has 0 spiro atoms. The number of nitrogens with one attached hydrogen (secondary N) is 2. The molecule has 2 heterocycles. The van der Waals surface area contributed by atoms with Gasteiger partial charge in [0, 0.05) is 11.6 Å². The minimum absolute atomic E-state index is 0.166. The fraction of sp³-hybridized carbons (Fsp3) is 0.276. The van der Waals surface area contributed by atoms with Crippen LogP contribution in [0.2, 0.25) is 5.02 Å². The zero-order valence-corrected chi connectivity index (χ0v) is 22.6. The molecular weight excluding hydrogens is 520 g/mol. The summed E-state index contributed by atoms with van der Waals surface area (Å²) in [6, 6.07) is 21.0. The average Bonchev–Trinajstić information content (AvgIpc) is 3.47. The highest BCUT2D eigenvalue weighted by Gasteiger charge is 2.40. The molecule has 10 heteroatoms. The lowest BCUT2D eigenvalue weighted by atomic mass is 10.2. The largest absolute Gasteiger partial charge is 0.457 e. The van der Waals surface area contributed by atoms with Gasteiger partial charge in [-0.1, -0.05) is 29.8 Å². The number of benzene rings is 3. The Morgan fingerprint density at radius 2 is 1.72 bits per heavy atom. The zero-order valence-electron chi connectivity index (χ0n) is 21.8. The van der Waals surface area contributed by atoms with Crippen LogP contribution in [0.1, 0.15) is 31.1 Å². The number of imidazole rings is 1. The maximum atomic E-state index is 13.1. The van der Waals surface area contributed by atoms with Gasteiger partial charge in [0.15, 0.2) is 0 Å². The predicted octanol–water partition coefficient (Wildman–Crippen LogP) is 6.27. The van der Waals surface area contributed by atoms with E-state index in [1.807, 2.05) is 36.4 Å². The zero-order chi connectivity index (χ0) is 27.6. The van der Waals surface area contributed by atoms with Crippen molar-refractivity contribution in [1.82, 2.24) is 14.9 Å². The normalized spacial score (nSPS) is 17.2. The molecule has 2 N–H and O–H groups in total. The van der Waals surface area contributed by atoms with Crippen LogP contribution in [0, 0.1) is 0 Å². The first-order chi connectivity index (χ1) is 18.6. The Balaban J connectivity index is 1.30. The third kappa shape index (κ3) is 6.61. The van der Waals surface area contributed by atoms with Gasteiger partial charge in [-0.2, -0.15) is 0 Å². The number of rotatable bonds is 6. The summed E-state index contributed by atoms with van der Waals surface area (Å²) in [5.74, 6) is 1.26. The molecule has 0 radical (unpaired) electrons. The molecule has 3 aromatic carbocycles. The fourth-order valence-electron chi connectivity index (χ4n) is 4.22. The molecule has 2 atom stereocenters. The van der Waals surface area contributed by atoms with Crippen molar-refractivity contribution in [3.63, 3.8) is 0 Å². The highest BCUT2D eigenvalue weighted by molar-refractivity contribution is 6.31. The molecule has 1 fully saturated rings. The van der Waals surface area contributed by atoms with E-state index in [1.165, 1.54) is 4.90 Å². The standard InChI is InChI=1S/C29H29ClN4O5/c1-29(2,3)39-28(36)34-16-24(33-27-31-22-14-11-19(30)15-23(22)32-27)25(17-34)38-26(35)18-9-12-21(13-10-18)37-20-7-5-4-6-8-20/h4-15,24-25H,16-17H2,1-3H3,(H2,31,32,33)/t24-,25-/m0/s1. The molecule has 1 amide bonds. The summed E-state index contributed by atoms with van der Waals surface area (Å²) < 4.78 is 17.2. The summed E-state index contributed by atoms with van der Waals surface area (Å²) >= 11 is 6.10. The van der Waals surface area contributed by atoms with Crippen molar-refractivity contribution < 1.29 is 23.8 Å². The first-order valence-corrected chi connectivity index (χ1v) is 12.9. The number of halogens is 1. The van der Waals surface area contributed by atoms with Crippen LogP contribution < -0.4 is 10.1 Å². The van der Waals surface area contributed by atoms with Crippen molar-refractivity contribution >= 4 is 40.6 Å². The lowest BCUT2D eigenvalue weighted by Crippen LogP contribution is -2.36. The van der Waals surface area contributed by atoms with Gasteiger partial charge < -0.3 is 29.4 Å². The number of H-pyrrole nitrogens is 1. The molecule has 202 valence electrons. The molecule has 0 unspecified atom stereocenters. The first-order valence-electron chi connectivity index (χ1n) is 12.6. The van der Waals surface area contributed by atoms with Gasteiger partial charge in [-0.25, -0.2) is 14.6 Å². The van der Waals surface area contributed by atoms with Crippen molar-refractivity contribution in [2.75, 3.05) is 18.4 Å². The number of ether oxygens (including phenoxy) is 3. The Morgan fingerprint density at radius 3 is 2.44 bits per heavy atom. The second-order valence-electron chi connectivity index (χ2n) is 10.3. The average molecular weight is 549 g/mol. The summed E-state index contributed by atoms with van der Waals surface area (Å²) in [6.07, 6.45) is -1.13. The highest BCUT2D eigenvalue weighted by atomic mass is 35.5. The van der Waals surface area contributed by atoms with Crippen LogP contribution in [0.15, 0.2) is 72.8 Å². The number of para-hydroxylation sites is 1. The van der Waals surface area contributed by atoms with Crippen molar-refractivity contribution in [2.24, 2.45) is 0 Å². The molecule has 0 aliphatic carbocycles. The van der Waals surface area contributed by atoms with E-state index in [0.29, 0.717) is 28.0 Å². The topological polar surface area (TPSA) is 106 Å². The predicted molar refractivity (Wildman–Crippen MR) is 148 cm³/mol. The second-order valence-corrected chi connectivity index (χ2v) is 10.7. The fourth-order valence-corrected chi connectivity index (χ4v) is 4.39. The van der Waals surface area contributed by atoms with E-state index in [0.717, 1.165) is 11.0 Å². The summed E-state index contributed by atoms with van der Waals surface area (Å²) in [5, 5.41) is 3.87. The second kappa shape index (κ2) is 10.9. The van der Waals surface area contributed by atoms with E-state index in [9.17, 15) is 9.59 Å². The SMILES string of the molecule is CC(C)(C)OC(=O)N1C[C@H](Nc2nc3ccc(Cl)cc3[nH]2)[C@@H](OC(=O)c2ccc(Oc3ccccc3)cc2)C1. The van der Waals surface area contributed by atoms with E-state index in [2.05, 4.69) is 15.3 Å². The van der Waals surface area contributed by atoms with Gasteiger partial charge in [-0.05, 0) is 75.4 Å². The smallest absolute Gasteiger partial charge is 0.410 e. The number of hydrogen-bond donors (Lipinski definition) is 2. The van der Waals surface area contributed by atoms with Crippen molar-refractivity contribution in [1.29, 1.82) is 0 Å². The lowest BCUT2D eigenvalue weighted by Gasteiger charge is -2.24. The first kappa shape index (κ1) is 26.4. The highest BCUT2D eigenvalue weighted by Crippen LogP contribution is 2.25. The Morgan fingerprint density at radius 1 is 1.00 bits per heavy atom. The Bertz CT molecular complexity index is 1470. The number of amides is 1. The molecule has 5 rings (SSSR count). The molecule has 1 saturated heterocycles. The van der Waals surface area contributed by atoms with E-state index < -0.39 is 29.8 Å². The number of nitrogens with zero attached hydrogens (tertiary/aromatic N) is 2. The Kier molecular flexibility index (Phi) is 7.34. The quantitative estimate of drug-likeness (QED) is 0.274. The molecular formula is C29H29ClN4O5. The summed E-state index contributed by atoms with van der Waals surface area (Å²) in [7, 11) is 0. The van der Waals surface area contributed by atoms with Crippen molar-refractivity contribution in [3.05, 3.63) is 83.4 Å². The van der Waals surface area contributed by atoms with Crippen LogP contribution in [0.25, 0.3) is 11.0 Å². The Labute approximate surface area is 231 Å². The van der Waals surface area contributed by atoms with E-state index in [1.54, 1.807) is 57.2 Å². The molecule has 1 aliphatic heterocycles. The maximum Gasteiger partial charge on any atom is 0.410 e. The van der Waals surface area contributed by atoms with Crippen LogP contribution in [-0.4, -0.2) is 57.8 Å². The molecule has 1 aliphatic rings. The van der Waals surface area contributed by atoms with Crippen LogP contribution in [-0.2, 0) is 9.47 Å². The van der Waals surface area contributed by atoms with Gasteiger partial charge in [0.1, 0.15) is 23.2 Å². The number of carbonyl (C=O) groups excluding carboxylic acids is 2. The van der Waals surface area contributed by atoms with E-state index in [-0.39, 0.29) is 13.1 Å². The third-order valence-corrected chi connectivity index (χ3v) is 6.25. The number of esters is 1. The van der Waals surface area contributed by atoms with Gasteiger partial charge in [0.2, 0.25) is 5.95 Å². The van der Waals surface area contributed by atoms with Crippen LogP contribution in [0.5, 0.6) is 11.5 Å². The van der Waals surface area contributed by atoms with Gasteiger partial charge in [-0.15, -0.1) is 0 Å². The number of likely N-dealkylation sites (tertiary alicyclic amines) is 1. The van der Waals surface area contributed by atoms with Gasteiger partial charge in [0.05, 0.1) is 29.2 Å². The summed E-state index contributed by atoms with van der Waals surface area (Å²) in [5.41, 5.74) is 1.20. The van der Waals surface area contributed by atoms with Gasteiger partial charge in [-0.3, -0.25) is 0 Å². The van der Waals surface area contributed by atoms with Crippen molar-refractivity contribution in [2.45, 2.75) is 38.5 Å². The van der Waals surface area contributed by atoms with Gasteiger partial charge >= 0.3 is 12.1 Å². The number of aromatic nitrogens is 2. The van der Waals surface area contributed by atoms with E-state index in [4.69, 9.17) is 25.8 Å².